The van der Waals surface area contributed by atoms with E-state index >= 15 is 0 Å². The van der Waals surface area contributed by atoms with E-state index in [4.69, 9.17) is 28.3 Å². The lowest BCUT2D eigenvalue weighted by atomic mass is 10.1. The molecule has 0 saturated heterocycles. The van der Waals surface area contributed by atoms with Crippen LogP contribution in [-0.4, -0.2) is 30.6 Å². The molecule has 0 aliphatic heterocycles. The molecule has 8 heteroatoms. The van der Waals surface area contributed by atoms with Gasteiger partial charge in [0.1, 0.15) is 11.0 Å². The lowest BCUT2D eigenvalue weighted by Gasteiger charge is -2.16. The number of primary sulfonamides is 1. The molecule has 0 amide bonds. The minimum atomic E-state index is -3.90. The van der Waals surface area contributed by atoms with E-state index in [9.17, 15) is 18.6 Å². The Morgan fingerprint density at radius 1 is 1.35 bits per heavy atom. The Labute approximate surface area is 109 Å². The van der Waals surface area contributed by atoms with Crippen molar-refractivity contribution in [1.29, 1.82) is 0 Å². The fraction of sp³-hybridized carbons (Fsp3) is 0.333. The average molecular weight is 300 g/mol. The van der Waals surface area contributed by atoms with Gasteiger partial charge in [-0.1, -0.05) is 17.7 Å². The maximum Gasteiger partial charge on any atom is 0.239 e. The van der Waals surface area contributed by atoms with Gasteiger partial charge in [-0.25, -0.2) is 13.6 Å². The van der Waals surface area contributed by atoms with Crippen LogP contribution in [0.5, 0.6) is 0 Å². The van der Waals surface area contributed by atoms with Crippen molar-refractivity contribution in [3.63, 3.8) is 0 Å². The summed E-state index contributed by atoms with van der Waals surface area (Å²) in [5.74, 6) is -0.157. The second kappa shape index (κ2) is 5.51. The Bertz CT molecular complexity index is 506. The highest BCUT2D eigenvalue weighted by Crippen LogP contribution is 2.26. The fourth-order valence-electron chi connectivity index (χ4n) is 1.24. The Kier molecular flexibility index (Phi) is 4.77. The van der Waals surface area contributed by atoms with Crippen LogP contribution in [0.3, 0.4) is 0 Å². The summed E-state index contributed by atoms with van der Waals surface area (Å²) >= 11 is 11.1. The number of hydrogen-bond donors (Lipinski definition) is 3. The molecule has 2 atom stereocenters. The molecule has 96 valence electrons. The third kappa shape index (κ3) is 3.54. The Hall–Kier alpha value is -0.370. The normalized spacial score (nSPS) is 15.6. The van der Waals surface area contributed by atoms with Crippen molar-refractivity contribution < 1.29 is 18.6 Å². The molecule has 1 aromatic rings. The maximum absolute atomic E-state index is 11.1. The van der Waals surface area contributed by atoms with E-state index in [1.807, 2.05) is 0 Å². The molecular formula is C9H11Cl2NO4S. The SMILES string of the molecule is NS(=O)(=O)c1ccc(C(O)C(O)CCl)cc1Cl. The molecule has 0 aromatic heterocycles. The minimum absolute atomic E-state index is 0.120. The van der Waals surface area contributed by atoms with Gasteiger partial charge < -0.3 is 10.2 Å². The van der Waals surface area contributed by atoms with Crippen molar-refractivity contribution in [3.05, 3.63) is 28.8 Å². The van der Waals surface area contributed by atoms with Crippen LogP contribution in [0.1, 0.15) is 11.7 Å². The predicted octanol–water partition coefficient (Wildman–Crippen LogP) is 0.620. The van der Waals surface area contributed by atoms with Gasteiger partial charge in [0, 0.05) is 0 Å². The Morgan fingerprint density at radius 2 is 1.94 bits per heavy atom. The Balaban J connectivity index is 3.13. The first kappa shape index (κ1) is 14.7. The fourth-order valence-corrected chi connectivity index (χ4v) is 2.51. The molecule has 2 unspecified atom stereocenters. The number of aliphatic hydroxyl groups is 2. The standard InChI is InChI=1S/C9H11Cl2NO4S/c10-4-7(13)9(14)5-1-2-8(6(11)3-5)17(12,15)16/h1-3,7,9,13-14H,4H2,(H2,12,15,16). The van der Waals surface area contributed by atoms with Gasteiger partial charge in [-0.3, -0.25) is 0 Å². The summed E-state index contributed by atoms with van der Waals surface area (Å²) in [5.41, 5.74) is 0.260. The Morgan fingerprint density at radius 3 is 2.35 bits per heavy atom. The van der Waals surface area contributed by atoms with Crippen molar-refractivity contribution >= 4 is 33.2 Å². The van der Waals surface area contributed by atoms with Crippen molar-refractivity contribution in [2.24, 2.45) is 5.14 Å². The van der Waals surface area contributed by atoms with Crippen molar-refractivity contribution in [3.8, 4) is 0 Å². The molecule has 17 heavy (non-hydrogen) atoms. The molecule has 0 bridgehead atoms. The van der Waals surface area contributed by atoms with E-state index in [1.165, 1.54) is 12.1 Å². The maximum atomic E-state index is 11.1. The summed E-state index contributed by atoms with van der Waals surface area (Å²) in [6, 6.07) is 3.70. The number of hydrogen-bond acceptors (Lipinski definition) is 4. The molecule has 0 aliphatic carbocycles. The molecular weight excluding hydrogens is 289 g/mol. The molecule has 0 aliphatic rings. The van der Waals surface area contributed by atoms with Crippen LogP contribution < -0.4 is 5.14 Å². The predicted molar refractivity (Wildman–Crippen MR) is 64.5 cm³/mol. The van der Waals surface area contributed by atoms with Gasteiger partial charge in [-0.2, -0.15) is 0 Å². The molecule has 1 aromatic carbocycles. The minimum Gasteiger partial charge on any atom is -0.389 e. The molecule has 0 heterocycles. The van der Waals surface area contributed by atoms with Crippen LogP contribution in [0.4, 0.5) is 0 Å². The summed E-state index contributed by atoms with van der Waals surface area (Å²) in [7, 11) is -3.90. The van der Waals surface area contributed by atoms with Crippen molar-refractivity contribution in [2.45, 2.75) is 17.1 Å². The van der Waals surface area contributed by atoms with E-state index in [0.29, 0.717) is 0 Å². The first-order chi connectivity index (χ1) is 7.77. The van der Waals surface area contributed by atoms with Gasteiger partial charge in [0.25, 0.3) is 0 Å². The van der Waals surface area contributed by atoms with Gasteiger partial charge in [-0.05, 0) is 17.7 Å². The zero-order chi connectivity index (χ0) is 13.2. The van der Waals surface area contributed by atoms with E-state index in [1.54, 1.807) is 0 Å². The van der Waals surface area contributed by atoms with Crippen LogP contribution >= 0.6 is 23.2 Å². The third-order valence-corrected chi connectivity index (χ3v) is 3.84. The van der Waals surface area contributed by atoms with Crippen LogP contribution in [0, 0.1) is 0 Å². The van der Waals surface area contributed by atoms with E-state index in [0.717, 1.165) is 6.07 Å². The lowest BCUT2D eigenvalue weighted by Crippen LogP contribution is -2.20. The van der Waals surface area contributed by atoms with Gasteiger partial charge >= 0.3 is 0 Å². The summed E-state index contributed by atoms with van der Waals surface area (Å²) < 4.78 is 22.2. The largest absolute Gasteiger partial charge is 0.389 e. The van der Waals surface area contributed by atoms with Crippen LogP contribution in [-0.2, 0) is 10.0 Å². The van der Waals surface area contributed by atoms with Gasteiger partial charge in [0.15, 0.2) is 0 Å². The van der Waals surface area contributed by atoms with Crippen LogP contribution in [0.2, 0.25) is 5.02 Å². The average Bonchev–Trinajstić information content (AvgIpc) is 2.25. The third-order valence-electron chi connectivity index (χ3n) is 2.13. The number of nitrogens with two attached hydrogens (primary N) is 1. The summed E-state index contributed by atoms with van der Waals surface area (Å²) in [6.07, 6.45) is -2.40. The number of halogens is 2. The zero-order valence-corrected chi connectivity index (χ0v) is 10.9. The molecule has 1 rings (SSSR count). The van der Waals surface area contributed by atoms with Gasteiger partial charge in [0.05, 0.1) is 17.0 Å². The van der Waals surface area contributed by atoms with Crippen molar-refractivity contribution in [2.75, 3.05) is 5.88 Å². The first-order valence-corrected chi connectivity index (χ1v) is 6.97. The summed E-state index contributed by atoms with van der Waals surface area (Å²) in [4.78, 5) is -0.240. The summed E-state index contributed by atoms with van der Waals surface area (Å²) in [5, 5.41) is 23.8. The van der Waals surface area contributed by atoms with Crippen LogP contribution in [0.25, 0.3) is 0 Å². The van der Waals surface area contributed by atoms with E-state index in [2.05, 4.69) is 0 Å². The topological polar surface area (TPSA) is 101 Å². The highest BCUT2D eigenvalue weighted by atomic mass is 35.5. The molecule has 0 radical (unpaired) electrons. The number of rotatable bonds is 4. The number of aliphatic hydroxyl groups excluding tert-OH is 2. The highest BCUT2D eigenvalue weighted by Gasteiger charge is 2.20. The molecule has 0 spiro atoms. The van der Waals surface area contributed by atoms with Gasteiger partial charge in [-0.15, -0.1) is 11.6 Å². The number of benzene rings is 1. The van der Waals surface area contributed by atoms with Crippen LogP contribution in [0.15, 0.2) is 23.1 Å². The summed E-state index contributed by atoms with van der Waals surface area (Å²) in [6.45, 7) is 0. The highest BCUT2D eigenvalue weighted by molar-refractivity contribution is 7.89. The molecule has 4 N–H and O–H groups in total. The second-order valence-corrected chi connectivity index (χ2v) is 5.65. The van der Waals surface area contributed by atoms with Crippen molar-refractivity contribution in [1.82, 2.24) is 0 Å². The number of alkyl halides is 1. The quantitative estimate of drug-likeness (QED) is 0.710. The molecule has 0 fully saturated rings. The van der Waals surface area contributed by atoms with Gasteiger partial charge in [0.2, 0.25) is 10.0 Å². The van der Waals surface area contributed by atoms with E-state index < -0.39 is 22.2 Å². The zero-order valence-electron chi connectivity index (χ0n) is 8.55. The first-order valence-electron chi connectivity index (χ1n) is 4.51. The second-order valence-electron chi connectivity index (χ2n) is 3.40. The molecule has 0 saturated carbocycles. The number of sulfonamides is 1. The smallest absolute Gasteiger partial charge is 0.239 e. The lowest BCUT2D eigenvalue weighted by molar-refractivity contribution is 0.0327. The monoisotopic (exact) mass is 299 g/mol. The molecule has 5 nitrogen and oxygen atoms in total. The van der Waals surface area contributed by atoms with E-state index in [-0.39, 0.29) is 21.4 Å².